The number of rotatable bonds is 7. The molecule has 20 heavy (non-hydrogen) atoms. The van der Waals surface area contributed by atoms with E-state index in [-0.39, 0.29) is 0 Å². The maximum absolute atomic E-state index is 5.70. The van der Waals surface area contributed by atoms with Gasteiger partial charge in [-0.25, -0.2) is 4.98 Å². The van der Waals surface area contributed by atoms with Crippen LogP contribution in [-0.2, 0) is 24.3 Å². The van der Waals surface area contributed by atoms with Crippen molar-refractivity contribution in [3.8, 4) is 5.88 Å². The van der Waals surface area contributed by atoms with Crippen molar-refractivity contribution in [1.29, 1.82) is 0 Å². The third-order valence-corrected chi connectivity index (χ3v) is 3.08. The van der Waals surface area contributed by atoms with Crippen molar-refractivity contribution in [2.24, 2.45) is 5.73 Å². The van der Waals surface area contributed by atoms with Crippen molar-refractivity contribution in [3.05, 3.63) is 59.3 Å². The molecule has 2 aromatic rings. The van der Waals surface area contributed by atoms with Gasteiger partial charge in [-0.3, -0.25) is 0 Å². The Bertz CT molecular complexity index is 529. The Morgan fingerprint density at radius 1 is 1.10 bits per heavy atom. The summed E-state index contributed by atoms with van der Waals surface area (Å²) in [4.78, 5) is 4.32. The van der Waals surface area contributed by atoms with Gasteiger partial charge < -0.3 is 15.2 Å². The second-order valence-electron chi connectivity index (χ2n) is 4.45. The molecule has 0 saturated heterocycles. The van der Waals surface area contributed by atoms with E-state index in [0.717, 1.165) is 17.7 Å². The molecule has 106 valence electrons. The molecule has 0 amide bonds. The number of benzene rings is 1. The van der Waals surface area contributed by atoms with Gasteiger partial charge in [0.25, 0.3) is 0 Å². The molecule has 0 unspecified atom stereocenters. The highest BCUT2D eigenvalue weighted by atomic mass is 16.5. The van der Waals surface area contributed by atoms with Crippen LogP contribution in [0.25, 0.3) is 0 Å². The highest BCUT2D eigenvalue weighted by Gasteiger charge is 2.05. The van der Waals surface area contributed by atoms with Crippen molar-refractivity contribution in [1.82, 2.24) is 4.98 Å². The Kier molecular flexibility index (Phi) is 5.53. The van der Waals surface area contributed by atoms with Gasteiger partial charge in [0.05, 0.1) is 26.0 Å². The van der Waals surface area contributed by atoms with Crippen LogP contribution in [0.3, 0.4) is 0 Å². The first-order chi connectivity index (χ1) is 9.83. The number of ether oxygens (including phenoxy) is 2. The lowest BCUT2D eigenvalue weighted by molar-refractivity contribution is 0.123. The van der Waals surface area contributed by atoms with Gasteiger partial charge >= 0.3 is 0 Å². The number of hydrogen-bond donors (Lipinski definition) is 1. The van der Waals surface area contributed by atoms with Crippen LogP contribution in [0.4, 0.5) is 0 Å². The van der Waals surface area contributed by atoms with E-state index in [1.807, 2.05) is 30.3 Å². The van der Waals surface area contributed by atoms with Crippen LogP contribution in [-0.4, -0.2) is 18.7 Å². The lowest BCUT2D eigenvalue weighted by atomic mass is 10.2. The highest BCUT2D eigenvalue weighted by Crippen LogP contribution is 2.13. The van der Waals surface area contributed by atoms with Crippen LogP contribution in [0.1, 0.15) is 16.8 Å². The molecular weight excluding hydrogens is 252 g/mol. The molecule has 0 saturated carbocycles. The molecule has 0 bridgehead atoms. The van der Waals surface area contributed by atoms with E-state index in [4.69, 9.17) is 15.2 Å². The molecule has 0 fully saturated rings. The molecule has 0 aliphatic heterocycles. The van der Waals surface area contributed by atoms with Gasteiger partial charge in [0.1, 0.15) is 0 Å². The van der Waals surface area contributed by atoms with Crippen molar-refractivity contribution in [2.45, 2.75) is 19.6 Å². The molecule has 1 aromatic carbocycles. The van der Waals surface area contributed by atoms with Crippen LogP contribution in [0, 0.1) is 0 Å². The van der Waals surface area contributed by atoms with Gasteiger partial charge in [-0.2, -0.15) is 0 Å². The molecule has 1 aromatic heterocycles. The highest BCUT2D eigenvalue weighted by molar-refractivity contribution is 5.25. The van der Waals surface area contributed by atoms with E-state index in [1.54, 1.807) is 7.11 Å². The maximum atomic E-state index is 5.70. The first-order valence-corrected chi connectivity index (χ1v) is 6.68. The molecule has 1 heterocycles. The third kappa shape index (κ3) is 4.05. The summed E-state index contributed by atoms with van der Waals surface area (Å²) in [6.07, 6.45) is 0.905. The first-order valence-electron chi connectivity index (χ1n) is 6.68. The molecule has 0 atom stereocenters. The predicted molar refractivity (Wildman–Crippen MR) is 78.5 cm³/mol. The Morgan fingerprint density at radius 3 is 2.60 bits per heavy atom. The van der Waals surface area contributed by atoms with Gasteiger partial charge in [0.2, 0.25) is 5.88 Å². The van der Waals surface area contributed by atoms with Crippen LogP contribution in [0.5, 0.6) is 5.88 Å². The molecular formula is C16H20N2O2. The maximum Gasteiger partial charge on any atom is 0.213 e. The molecule has 2 N–H and O–H groups in total. The summed E-state index contributed by atoms with van der Waals surface area (Å²) in [7, 11) is 1.60. The van der Waals surface area contributed by atoms with Crippen molar-refractivity contribution < 1.29 is 9.47 Å². The van der Waals surface area contributed by atoms with E-state index in [2.05, 4.69) is 17.1 Å². The Labute approximate surface area is 119 Å². The normalized spacial score (nSPS) is 10.5. The van der Waals surface area contributed by atoms with E-state index in [9.17, 15) is 0 Å². The molecule has 4 heteroatoms. The summed E-state index contributed by atoms with van der Waals surface area (Å²) >= 11 is 0. The Morgan fingerprint density at radius 2 is 1.90 bits per heavy atom. The van der Waals surface area contributed by atoms with E-state index in [1.165, 1.54) is 5.56 Å². The molecule has 0 aliphatic rings. The quantitative estimate of drug-likeness (QED) is 0.786. The molecule has 0 aliphatic carbocycles. The van der Waals surface area contributed by atoms with E-state index < -0.39 is 0 Å². The van der Waals surface area contributed by atoms with Crippen molar-refractivity contribution >= 4 is 0 Å². The minimum Gasteiger partial charge on any atom is -0.481 e. The molecule has 0 spiro atoms. The van der Waals surface area contributed by atoms with Crippen LogP contribution in [0.2, 0.25) is 0 Å². The second-order valence-corrected chi connectivity index (χ2v) is 4.45. The first kappa shape index (κ1) is 14.5. The fourth-order valence-electron chi connectivity index (χ4n) is 1.95. The average Bonchev–Trinajstić information content (AvgIpc) is 2.52. The van der Waals surface area contributed by atoms with E-state index >= 15 is 0 Å². The van der Waals surface area contributed by atoms with Crippen LogP contribution < -0.4 is 10.5 Å². The van der Waals surface area contributed by atoms with Crippen LogP contribution >= 0.6 is 0 Å². The van der Waals surface area contributed by atoms with Gasteiger partial charge in [-0.05, 0) is 18.1 Å². The fraction of sp³-hybridized carbons (Fsp3) is 0.312. The fourth-order valence-corrected chi connectivity index (χ4v) is 1.95. The molecule has 0 radical (unpaired) electrons. The monoisotopic (exact) mass is 272 g/mol. The SMILES string of the molecule is COc1ccc(COCCc2ccccc2)c(CN)n1. The largest absolute Gasteiger partial charge is 0.481 e. The zero-order valence-electron chi connectivity index (χ0n) is 11.7. The number of nitrogens with two attached hydrogens (primary N) is 1. The standard InChI is InChI=1S/C16H20N2O2/c1-19-16-8-7-14(15(11-17)18-16)12-20-10-9-13-5-3-2-4-6-13/h2-8H,9-12,17H2,1H3. The number of nitrogens with zero attached hydrogens (tertiary/aromatic N) is 1. The van der Waals surface area contributed by atoms with Gasteiger partial charge in [0.15, 0.2) is 0 Å². The number of pyridine rings is 1. The lowest BCUT2D eigenvalue weighted by Crippen LogP contribution is -2.08. The number of hydrogen-bond acceptors (Lipinski definition) is 4. The molecule has 4 nitrogen and oxygen atoms in total. The summed E-state index contributed by atoms with van der Waals surface area (Å²) in [5, 5.41) is 0. The summed E-state index contributed by atoms with van der Waals surface area (Å²) in [5.74, 6) is 0.582. The molecule has 2 rings (SSSR count). The minimum atomic E-state index is 0.384. The van der Waals surface area contributed by atoms with E-state index in [0.29, 0.717) is 25.6 Å². The van der Waals surface area contributed by atoms with Crippen LogP contribution in [0.15, 0.2) is 42.5 Å². The Balaban J connectivity index is 1.85. The smallest absolute Gasteiger partial charge is 0.213 e. The summed E-state index contributed by atoms with van der Waals surface area (Å²) in [5.41, 5.74) is 8.81. The summed E-state index contributed by atoms with van der Waals surface area (Å²) in [6.45, 7) is 1.59. The van der Waals surface area contributed by atoms with Gasteiger partial charge in [-0.1, -0.05) is 30.3 Å². The van der Waals surface area contributed by atoms with Gasteiger partial charge in [-0.15, -0.1) is 0 Å². The number of methoxy groups -OCH3 is 1. The lowest BCUT2D eigenvalue weighted by Gasteiger charge is -2.09. The summed E-state index contributed by atoms with van der Waals surface area (Å²) < 4.78 is 10.8. The van der Waals surface area contributed by atoms with Crippen molar-refractivity contribution in [3.63, 3.8) is 0 Å². The zero-order valence-corrected chi connectivity index (χ0v) is 11.7. The number of aromatic nitrogens is 1. The summed E-state index contributed by atoms with van der Waals surface area (Å²) in [6, 6.07) is 14.1. The Hall–Kier alpha value is -1.91. The second kappa shape index (κ2) is 7.62. The minimum absolute atomic E-state index is 0.384. The predicted octanol–water partition coefficient (Wildman–Crippen LogP) is 2.31. The third-order valence-electron chi connectivity index (χ3n) is 3.08. The topological polar surface area (TPSA) is 57.4 Å². The zero-order chi connectivity index (χ0) is 14.2. The average molecular weight is 272 g/mol. The van der Waals surface area contributed by atoms with Crippen molar-refractivity contribution in [2.75, 3.05) is 13.7 Å². The van der Waals surface area contributed by atoms with Gasteiger partial charge in [0, 0.05) is 18.2 Å².